The molecule has 0 aliphatic carbocycles. The van der Waals surface area contributed by atoms with Crippen LogP contribution < -0.4 is 4.90 Å². The van der Waals surface area contributed by atoms with Crippen LogP contribution >= 0.6 is 11.6 Å². The molecule has 1 unspecified atom stereocenters. The molecule has 0 radical (unpaired) electrons. The number of amides is 1. The summed E-state index contributed by atoms with van der Waals surface area (Å²) in [7, 11) is 0. The molecule has 1 aliphatic heterocycles. The fourth-order valence-corrected chi connectivity index (χ4v) is 3.60. The fraction of sp³-hybridized carbons (Fsp3) is 0.0909. The van der Waals surface area contributed by atoms with E-state index >= 15 is 0 Å². The molecule has 2 heterocycles. The minimum atomic E-state index is -1.30. The standard InChI is InChI=1S/C22H14ClF2NO4/c1-11-5-8-17(30-11)19-18(20(27)12-3-2-4-13(23)9-12)21(28)22(29)26(19)16-10-14(24)6-7-15(16)25/h2-10,19,27H,1H3/b20-18-. The van der Waals surface area contributed by atoms with Gasteiger partial charge in [-0.1, -0.05) is 23.7 Å². The van der Waals surface area contributed by atoms with Crippen molar-refractivity contribution in [2.45, 2.75) is 13.0 Å². The van der Waals surface area contributed by atoms with Gasteiger partial charge in [-0.15, -0.1) is 0 Å². The van der Waals surface area contributed by atoms with Gasteiger partial charge in [0.1, 0.15) is 35.0 Å². The van der Waals surface area contributed by atoms with Gasteiger partial charge in [0.05, 0.1) is 11.3 Å². The number of furan rings is 1. The number of hydrogen-bond donors (Lipinski definition) is 1. The van der Waals surface area contributed by atoms with Crippen LogP contribution in [0.2, 0.25) is 5.02 Å². The maximum absolute atomic E-state index is 14.5. The van der Waals surface area contributed by atoms with E-state index in [0.29, 0.717) is 10.8 Å². The number of aliphatic hydroxyl groups excluding tert-OH is 1. The minimum Gasteiger partial charge on any atom is -0.507 e. The number of anilines is 1. The highest BCUT2D eigenvalue weighted by molar-refractivity contribution is 6.51. The van der Waals surface area contributed by atoms with Gasteiger partial charge in [0, 0.05) is 16.7 Å². The monoisotopic (exact) mass is 429 g/mol. The first-order valence-electron chi connectivity index (χ1n) is 8.86. The van der Waals surface area contributed by atoms with E-state index in [9.17, 15) is 23.5 Å². The third kappa shape index (κ3) is 3.27. The Labute approximate surface area is 174 Å². The Morgan fingerprint density at radius 2 is 1.87 bits per heavy atom. The van der Waals surface area contributed by atoms with Crippen LogP contribution in [0.1, 0.15) is 23.1 Å². The molecule has 0 spiro atoms. The van der Waals surface area contributed by atoms with E-state index < -0.39 is 40.8 Å². The predicted octanol–water partition coefficient (Wildman–Crippen LogP) is 5.15. The van der Waals surface area contributed by atoms with Crippen molar-refractivity contribution < 1.29 is 27.9 Å². The van der Waals surface area contributed by atoms with E-state index in [1.54, 1.807) is 25.1 Å². The molecule has 0 saturated carbocycles. The van der Waals surface area contributed by atoms with E-state index in [2.05, 4.69) is 0 Å². The molecular weight excluding hydrogens is 416 g/mol. The van der Waals surface area contributed by atoms with Crippen LogP contribution in [0.15, 0.2) is 64.6 Å². The summed E-state index contributed by atoms with van der Waals surface area (Å²) in [6.45, 7) is 1.65. The molecule has 30 heavy (non-hydrogen) atoms. The number of aliphatic hydroxyl groups is 1. The Morgan fingerprint density at radius 1 is 1.10 bits per heavy atom. The van der Waals surface area contributed by atoms with Crippen molar-refractivity contribution in [2.24, 2.45) is 0 Å². The topological polar surface area (TPSA) is 70.8 Å². The van der Waals surface area contributed by atoms with Crippen molar-refractivity contribution in [1.82, 2.24) is 0 Å². The second kappa shape index (κ2) is 7.42. The van der Waals surface area contributed by atoms with E-state index in [4.69, 9.17) is 16.0 Å². The summed E-state index contributed by atoms with van der Waals surface area (Å²) in [5, 5.41) is 11.2. The maximum Gasteiger partial charge on any atom is 0.300 e. The molecule has 2 aromatic carbocycles. The highest BCUT2D eigenvalue weighted by Gasteiger charge is 2.49. The average molecular weight is 430 g/mol. The third-order valence-electron chi connectivity index (χ3n) is 4.74. The van der Waals surface area contributed by atoms with Gasteiger partial charge in [-0.2, -0.15) is 0 Å². The molecule has 8 heteroatoms. The van der Waals surface area contributed by atoms with Crippen molar-refractivity contribution in [1.29, 1.82) is 0 Å². The van der Waals surface area contributed by atoms with Gasteiger partial charge < -0.3 is 9.52 Å². The molecule has 1 aliphatic rings. The first kappa shape index (κ1) is 19.8. The van der Waals surface area contributed by atoms with Crippen molar-refractivity contribution in [3.8, 4) is 0 Å². The lowest BCUT2D eigenvalue weighted by Crippen LogP contribution is -2.30. The van der Waals surface area contributed by atoms with Gasteiger partial charge in [-0.3, -0.25) is 14.5 Å². The van der Waals surface area contributed by atoms with Crippen LogP contribution in [0.4, 0.5) is 14.5 Å². The second-order valence-corrected chi connectivity index (χ2v) is 7.16. The molecule has 152 valence electrons. The SMILES string of the molecule is Cc1ccc(C2/C(=C(/O)c3cccc(Cl)c3)C(=O)C(=O)N2c2cc(F)ccc2F)o1. The van der Waals surface area contributed by atoms with Crippen LogP contribution in [-0.2, 0) is 9.59 Å². The Morgan fingerprint density at radius 3 is 2.53 bits per heavy atom. The number of hydrogen-bond acceptors (Lipinski definition) is 4. The minimum absolute atomic E-state index is 0.110. The zero-order chi connectivity index (χ0) is 21.6. The first-order valence-corrected chi connectivity index (χ1v) is 9.24. The number of nitrogens with zero attached hydrogens (tertiary/aromatic N) is 1. The number of ketones is 1. The number of benzene rings is 2. The molecule has 1 atom stereocenters. The normalized spacial score (nSPS) is 18.3. The summed E-state index contributed by atoms with van der Waals surface area (Å²) < 4.78 is 33.9. The second-order valence-electron chi connectivity index (χ2n) is 6.72. The van der Waals surface area contributed by atoms with Gasteiger partial charge in [0.15, 0.2) is 0 Å². The quantitative estimate of drug-likeness (QED) is 0.355. The van der Waals surface area contributed by atoms with Gasteiger partial charge >= 0.3 is 0 Å². The number of carbonyl (C=O) groups is 2. The lowest BCUT2D eigenvalue weighted by molar-refractivity contribution is -0.132. The zero-order valence-electron chi connectivity index (χ0n) is 15.5. The Hall–Kier alpha value is -3.45. The molecule has 1 saturated heterocycles. The zero-order valence-corrected chi connectivity index (χ0v) is 16.3. The highest BCUT2D eigenvalue weighted by atomic mass is 35.5. The van der Waals surface area contributed by atoms with E-state index in [-0.39, 0.29) is 16.9 Å². The van der Waals surface area contributed by atoms with E-state index in [1.807, 2.05) is 0 Å². The summed E-state index contributed by atoms with van der Waals surface area (Å²) in [4.78, 5) is 26.5. The summed E-state index contributed by atoms with van der Waals surface area (Å²) in [5.74, 6) is -3.81. The summed E-state index contributed by atoms with van der Waals surface area (Å²) >= 11 is 5.97. The van der Waals surface area contributed by atoms with Crippen LogP contribution in [-0.4, -0.2) is 16.8 Å². The number of aryl methyl sites for hydroxylation is 1. The molecule has 1 N–H and O–H groups in total. The van der Waals surface area contributed by atoms with Gasteiger partial charge in [-0.25, -0.2) is 8.78 Å². The van der Waals surface area contributed by atoms with Crippen LogP contribution in [0.25, 0.3) is 5.76 Å². The number of Topliss-reactive ketones (excluding diaryl/α,β-unsaturated/α-hetero) is 1. The molecular formula is C22H14ClF2NO4. The molecule has 1 amide bonds. The van der Waals surface area contributed by atoms with Crippen molar-refractivity contribution in [2.75, 3.05) is 4.90 Å². The largest absolute Gasteiger partial charge is 0.507 e. The molecule has 4 rings (SSSR count). The van der Waals surface area contributed by atoms with Crippen molar-refractivity contribution in [3.63, 3.8) is 0 Å². The third-order valence-corrected chi connectivity index (χ3v) is 4.98. The molecule has 0 bridgehead atoms. The van der Waals surface area contributed by atoms with Crippen molar-refractivity contribution in [3.05, 3.63) is 93.9 Å². The smallest absolute Gasteiger partial charge is 0.300 e. The predicted molar refractivity (Wildman–Crippen MR) is 106 cm³/mol. The number of rotatable bonds is 3. The van der Waals surface area contributed by atoms with Crippen LogP contribution in [0, 0.1) is 18.6 Å². The summed E-state index contributed by atoms with van der Waals surface area (Å²) in [5.41, 5.74) is -0.574. The van der Waals surface area contributed by atoms with Crippen LogP contribution in [0.3, 0.4) is 0 Å². The average Bonchev–Trinajstić information content (AvgIpc) is 3.25. The summed E-state index contributed by atoms with van der Waals surface area (Å²) in [6.07, 6.45) is 0. The molecule has 3 aromatic rings. The Balaban J connectivity index is 1.98. The van der Waals surface area contributed by atoms with Gasteiger partial charge in [0.2, 0.25) is 0 Å². The Kier molecular flexibility index (Phi) is 4.91. The van der Waals surface area contributed by atoms with Crippen molar-refractivity contribution >= 4 is 34.7 Å². The van der Waals surface area contributed by atoms with Gasteiger partial charge in [0.25, 0.3) is 11.7 Å². The molecule has 5 nitrogen and oxygen atoms in total. The molecule has 1 aromatic heterocycles. The lowest BCUT2D eigenvalue weighted by atomic mass is 9.99. The fourth-order valence-electron chi connectivity index (χ4n) is 3.41. The van der Waals surface area contributed by atoms with E-state index in [0.717, 1.165) is 23.1 Å². The van der Waals surface area contributed by atoms with Gasteiger partial charge in [-0.05, 0) is 43.3 Å². The molecule has 1 fully saturated rings. The summed E-state index contributed by atoms with van der Waals surface area (Å²) in [6, 6.07) is 10.4. The number of halogens is 3. The Bertz CT molecular complexity index is 1220. The highest BCUT2D eigenvalue weighted by Crippen LogP contribution is 2.43. The maximum atomic E-state index is 14.5. The van der Waals surface area contributed by atoms with E-state index in [1.165, 1.54) is 18.2 Å². The number of carbonyl (C=O) groups excluding carboxylic acids is 2. The lowest BCUT2D eigenvalue weighted by Gasteiger charge is -2.23. The van der Waals surface area contributed by atoms with Crippen LogP contribution in [0.5, 0.6) is 0 Å². The first-order chi connectivity index (χ1) is 14.3.